The van der Waals surface area contributed by atoms with Gasteiger partial charge in [-0.25, -0.2) is 8.42 Å². The standard InChI is InChI=1S/C10H20O4S/c1-2-15(12,13)8-4-5-9(11)10-6-3-7-14-10/h9-11H,2-8H2,1H3. The van der Waals surface area contributed by atoms with E-state index in [1.54, 1.807) is 6.92 Å². The van der Waals surface area contributed by atoms with E-state index in [4.69, 9.17) is 4.74 Å². The first-order valence-electron chi connectivity index (χ1n) is 5.55. The first-order valence-corrected chi connectivity index (χ1v) is 7.37. The normalized spacial score (nSPS) is 24.3. The first kappa shape index (κ1) is 12.9. The van der Waals surface area contributed by atoms with Crippen LogP contribution in [0.3, 0.4) is 0 Å². The Balaban J connectivity index is 2.19. The molecule has 0 aliphatic carbocycles. The molecule has 0 aromatic carbocycles. The van der Waals surface area contributed by atoms with Crippen LogP contribution in [0.2, 0.25) is 0 Å². The van der Waals surface area contributed by atoms with Gasteiger partial charge in [0.2, 0.25) is 0 Å². The quantitative estimate of drug-likeness (QED) is 0.739. The molecule has 4 nitrogen and oxygen atoms in total. The van der Waals surface area contributed by atoms with Gasteiger partial charge < -0.3 is 9.84 Å². The second kappa shape index (κ2) is 5.82. The Morgan fingerprint density at radius 1 is 1.53 bits per heavy atom. The number of hydrogen-bond donors (Lipinski definition) is 1. The van der Waals surface area contributed by atoms with Gasteiger partial charge in [0.1, 0.15) is 9.84 Å². The maximum atomic E-state index is 11.2. The van der Waals surface area contributed by atoms with Crippen LogP contribution < -0.4 is 0 Å². The fraction of sp³-hybridized carbons (Fsp3) is 1.00. The molecule has 15 heavy (non-hydrogen) atoms. The summed E-state index contributed by atoms with van der Waals surface area (Å²) in [6.07, 6.45) is 2.35. The zero-order chi connectivity index (χ0) is 11.3. The van der Waals surface area contributed by atoms with Crippen molar-refractivity contribution in [3.63, 3.8) is 0 Å². The van der Waals surface area contributed by atoms with E-state index in [1.165, 1.54) is 0 Å². The molecule has 5 heteroatoms. The van der Waals surface area contributed by atoms with Crippen LogP contribution in [-0.4, -0.2) is 43.8 Å². The van der Waals surface area contributed by atoms with Gasteiger partial charge in [-0.1, -0.05) is 6.92 Å². The molecule has 1 rings (SSSR count). The molecule has 0 radical (unpaired) electrons. The van der Waals surface area contributed by atoms with Crippen molar-refractivity contribution in [1.29, 1.82) is 0 Å². The average Bonchev–Trinajstić information content (AvgIpc) is 2.70. The lowest BCUT2D eigenvalue weighted by atomic mass is 10.1. The maximum Gasteiger partial charge on any atom is 0.150 e. The third kappa shape index (κ3) is 4.49. The Bertz CT molecular complexity index is 267. The molecule has 1 fully saturated rings. The molecule has 1 heterocycles. The molecule has 0 saturated carbocycles. The predicted molar refractivity (Wildman–Crippen MR) is 58.5 cm³/mol. The molecule has 0 spiro atoms. The van der Waals surface area contributed by atoms with E-state index < -0.39 is 15.9 Å². The summed E-state index contributed by atoms with van der Waals surface area (Å²) in [5, 5.41) is 9.70. The van der Waals surface area contributed by atoms with Crippen molar-refractivity contribution in [2.75, 3.05) is 18.1 Å². The summed E-state index contributed by atoms with van der Waals surface area (Å²) in [6, 6.07) is 0. The van der Waals surface area contributed by atoms with Crippen LogP contribution in [0.25, 0.3) is 0 Å². The van der Waals surface area contributed by atoms with E-state index in [9.17, 15) is 13.5 Å². The molecule has 1 aliphatic rings. The van der Waals surface area contributed by atoms with Crippen molar-refractivity contribution in [3.05, 3.63) is 0 Å². The maximum absolute atomic E-state index is 11.2. The van der Waals surface area contributed by atoms with Gasteiger partial charge in [0.25, 0.3) is 0 Å². The largest absolute Gasteiger partial charge is 0.390 e. The Kier molecular flexibility index (Phi) is 5.02. The zero-order valence-corrected chi connectivity index (χ0v) is 10.0. The lowest BCUT2D eigenvalue weighted by Gasteiger charge is -2.16. The molecular weight excluding hydrogens is 216 g/mol. The minimum atomic E-state index is -2.89. The minimum absolute atomic E-state index is 0.0747. The summed E-state index contributed by atoms with van der Waals surface area (Å²) in [5.41, 5.74) is 0. The average molecular weight is 236 g/mol. The highest BCUT2D eigenvalue weighted by Crippen LogP contribution is 2.18. The van der Waals surface area contributed by atoms with Crippen LogP contribution in [-0.2, 0) is 14.6 Å². The van der Waals surface area contributed by atoms with Crippen molar-refractivity contribution < 1.29 is 18.3 Å². The van der Waals surface area contributed by atoms with Crippen LogP contribution in [0.5, 0.6) is 0 Å². The molecule has 2 atom stereocenters. The first-order chi connectivity index (χ1) is 7.05. The molecule has 0 aromatic heterocycles. The van der Waals surface area contributed by atoms with Gasteiger partial charge in [0.15, 0.2) is 0 Å². The summed E-state index contributed by atoms with van der Waals surface area (Å²) in [6.45, 7) is 2.36. The summed E-state index contributed by atoms with van der Waals surface area (Å²) < 4.78 is 27.7. The fourth-order valence-electron chi connectivity index (χ4n) is 1.75. The second-order valence-electron chi connectivity index (χ2n) is 4.00. The van der Waals surface area contributed by atoms with Crippen molar-refractivity contribution in [2.45, 2.75) is 44.8 Å². The molecule has 90 valence electrons. The summed E-state index contributed by atoms with van der Waals surface area (Å²) in [7, 11) is -2.89. The van der Waals surface area contributed by atoms with Crippen LogP contribution in [0.15, 0.2) is 0 Å². The van der Waals surface area contributed by atoms with E-state index >= 15 is 0 Å². The molecule has 1 aliphatic heterocycles. The predicted octanol–water partition coefficient (Wildman–Crippen LogP) is 0.741. The third-order valence-electron chi connectivity index (χ3n) is 2.79. The van der Waals surface area contributed by atoms with Crippen LogP contribution in [0, 0.1) is 0 Å². The van der Waals surface area contributed by atoms with Gasteiger partial charge in [-0.15, -0.1) is 0 Å². The number of sulfone groups is 1. The Labute approximate surface area is 91.6 Å². The van der Waals surface area contributed by atoms with Gasteiger partial charge in [-0.3, -0.25) is 0 Å². The molecular formula is C10H20O4S. The van der Waals surface area contributed by atoms with E-state index in [0.29, 0.717) is 12.8 Å². The van der Waals surface area contributed by atoms with Gasteiger partial charge in [0.05, 0.1) is 18.0 Å². The van der Waals surface area contributed by atoms with Crippen molar-refractivity contribution >= 4 is 9.84 Å². The molecule has 1 saturated heterocycles. The van der Waals surface area contributed by atoms with E-state index in [-0.39, 0.29) is 17.6 Å². The third-order valence-corrected chi connectivity index (χ3v) is 4.58. The molecule has 2 unspecified atom stereocenters. The Morgan fingerprint density at radius 3 is 2.80 bits per heavy atom. The number of rotatable bonds is 6. The molecule has 0 bridgehead atoms. The van der Waals surface area contributed by atoms with E-state index in [0.717, 1.165) is 19.4 Å². The minimum Gasteiger partial charge on any atom is -0.390 e. The highest BCUT2D eigenvalue weighted by molar-refractivity contribution is 7.91. The van der Waals surface area contributed by atoms with Crippen molar-refractivity contribution in [2.24, 2.45) is 0 Å². The van der Waals surface area contributed by atoms with Crippen LogP contribution >= 0.6 is 0 Å². The molecule has 0 amide bonds. The number of aliphatic hydroxyl groups excluding tert-OH is 1. The number of ether oxygens (including phenoxy) is 1. The molecule has 1 N–H and O–H groups in total. The Hall–Kier alpha value is -0.130. The topological polar surface area (TPSA) is 63.6 Å². The van der Waals surface area contributed by atoms with E-state index in [2.05, 4.69) is 0 Å². The van der Waals surface area contributed by atoms with Gasteiger partial charge in [-0.05, 0) is 25.7 Å². The SMILES string of the molecule is CCS(=O)(=O)CCCC(O)C1CCCO1. The highest BCUT2D eigenvalue weighted by Gasteiger charge is 2.23. The number of hydrogen-bond acceptors (Lipinski definition) is 4. The summed E-state index contributed by atoms with van der Waals surface area (Å²) in [4.78, 5) is 0. The van der Waals surface area contributed by atoms with Gasteiger partial charge in [-0.2, -0.15) is 0 Å². The fourth-order valence-corrected chi connectivity index (χ4v) is 2.64. The number of aliphatic hydroxyl groups is 1. The van der Waals surface area contributed by atoms with Gasteiger partial charge >= 0.3 is 0 Å². The summed E-state index contributed by atoms with van der Waals surface area (Å²) >= 11 is 0. The van der Waals surface area contributed by atoms with Crippen molar-refractivity contribution in [1.82, 2.24) is 0 Å². The summed E-state index contributed by atoms with van der Waals surface area (Å²) in [5.74, 6) is 0.357. The monoisotopic (exact) mass is 236 g/mol. The van der Waals surface area contributed by atoms with E-state index in [1.807, 2.05) is 0 Å². The zero-order valence-electron chi connectivity index (χ0n) is 9.18. The lowest BCUT2D eigenvalue weighted by Crippen LogP contribution is -2.25. The van der Waals surface area contributed by atoms with Gasteiger partial charge in [0, 0.05) is 12.4 Å². The van der Waals surface area contributed by atoms with Crippen LogP contribution in [0.4, 0.5) is 0 Å². The Morgan fingerprint density at radius 2 is 2.27 bits per heavy atom. The second-order valence-corrected chi connectivity index (χ2v) is 6.47. The van der Waals surface area contributed by atoms with Crippen LogP contribution in [0.1, 0.15) is 32.6 Å². The lowest BCUT2D eigenvalue weighted by molar-refractivity contribution is -0.00539. The highest BCUT2D eigenvalue weighted by atomic mass is 32.2. The smallest absolute Gasteiger partial charge is 0.150 e. The molecule has 0 aromatic rings. The van der Waals surface area contributed by atoms with Crippen molar-refractivity contribution in [3.8, 4) is 0 Å².